The Morgan fingerprint density at radius 2 is 1.69 bits per heavy atom. The predicted molar refractivity (Wildman–Crippen MR) is 129 cm³/mol. The summed E-state index contributed by atoms with van der Waals surface area (Å²) in [5.41, 5.74) is 2.09. The zero-order chi connectivity index (χ0) is 22.5. The van der Waals surface area contributed by atoms with Gasteiger partial charge in [0, 0.05) is 69.9 Å². The summed E-state index contributed by atoms with van der Waals surface area (Å²) in [5, 5.41) is 1.16. The molecule has 2 fully saturated rings. The van der Waals surface area contributed by atoms with Gasteiger partial charge in [-0.2, -0.15) is 0 Å². The number of carbonyl (C=O) groups excluding carboxylic acids is 1. The number of para-hydroxylation sites is 1. The lowest BCUT2D eigenvalue weighted by Crippen LogP contribution is -2.46. The van der Waals surface area contributed by atoms with Gasteiger partial charge in [0.05, 0.1) is 11.2 Å². The zero-order valence-corrected chi connectivity index (χ0v) is 19.2. The fraction of sp³-hybridized carbons (Fsp3) is 0.440. The summed E-state index contributed by atoms with van der Waals surface area (Å²) in [5.74, 6) is 2.48. The van der Waals surface area contributed by atoms with Crippen LogP contribution in [0.4, 0.5) is 11.6 Å². The molecule has 2 aliphatic rings. The van der Waals surface area contributed by atoms with Crippen molar-refractivity contribution in [2.75, 3.05) is 49.1 Å². The normalized spacial score (nSPS) is 16.8. The fourth-order valence-electron chi connectivity index (χ4n) is 4.39. The first-order chi connectivity index (χ1) is 15.7. The first kappa shape index (κ1) is 22.0. The van der Waals surface area contributed by atoms with Gasteiger partial charge in [0.15, 0.2) is 5.82 Å². The van der Waals surface area contributed by atoms with E-state index in [1.807, 2.05) is 30.9 Å². The molecule has 4 heterocycles. The Morgan fingerprint density at radius 3 is 2.50 bits per heavy atom. The van der Waals surface area contributed by atoms with Gasteiger partial charge >= 0.3 is 0 Å². The summed E-state index contributed by atoms with van der Waals surface area (Å²) in [6.45, 7) is 10.7. The van der Waals surface area contributed by atoms with Crippen molar-refractivity contribution in [3.63, 3.8) is 0 Å². The molecule has 0 aliphatic carbocycles. The summed E-state index contributed by atoms with van der Waals surface area (Å²) in [6.07, 6.45) is 4.51. The number of hydrogen-bond acceptors (Lipinski definition) is 6. The van der Waals surface area contributed by atoms with Crippen molar-refractivity contribution in [3.8, 4) is 0 Å². The Morgan fingerprint density at radius 1 is 0.906 bits per heavy atom. The molecule has 0 atom stereocenters. The smallest absolute Gasteiger partial charge is 0.219 e. The van der Waals surface area contributed by atoms with Crippen molar-refractivity contribution in [1.29, 1.82) is 0 Å². The molecule has 32 heavy (non-hydrogen) atoms. The van der Waals surface area contributed by atoms with Crippen LogP contribution in [0.2, 0.25) is 0 Å². The molecular weight excluding hydrogens is 400 g/mol. The number of carbonyl (C=O) groups is 1. The van der Waals surface area contributed by atoms with E-state index in [0.29, 0.717) is 5.92 Å². The van der Waals surface area contributed by atoms with Crippen molar-refractivity contribution >= 4 is 28.4 Å². The highest BCUT2D eigenvalue weighted by molar-refractivity contribution is 5.80. The molecule has 168 valence electrons. The standard InChI is InChI=1S/C23H26N6O.C2H6/c1-17(30)27-11-4-12-28(14-13-27)23-22(24-9-10-25-23)19-15-29(16-19)21-8-7-18-5-2-3-6-20(18)26-21;1-2/h2-3,5-10,19H,4,11-16H2,1H3;1-2H3. The van der Waals surface area contributed by atoms with Gasteiger partial charge < -0.3 is 14.7 Å². The highest BCUT2D eigenvalue weighted by atomic mass is 16.2. The molecule has 0 unspecified atom stereocenters. The van der Waals surface area contributed by atoms with Gasteiger partial charge in [-0.15, -0.1) is 0 Å². The van der Waals surface area contributed by atoms with E-state index in [4.69, 9.17) is 9.97 Å². The van der Waals surface area contributed by atoms with Gasteiger partial charge in [-0.25, -0.2) is 9.97 Å². The van der Waals surface area contributed by atoms with Crippen molar-refractivity contribution in [3.05, 3.63) is 54.5 Å². The van der Waals surface area contributed by atoms with Crippen LogP contribution in [0.1, 0.15) is 38.8 Å². The summed E-state index contributed by atoms with van der Waals surface area (Å²) >= 11 is 0. The predicted octanol–water partition coefficient (Wildman–Crippen LogP) is 3.71. The maximum atomic E-state index is 11.7. The molecule has 2 saturated heterocycles. The minimum Gasteiger partial charge on any atom is -0.355 e. The summed E-state index contributed by atoms with van der Waals surface area (Å²) in [6, 6.07) is 12.4. The Kier molecular flexibility index (Phi) is 6.83. The van der Waals surface area contributed by atoms with Gasteiger partial charge in [0.2, 0.25) is 5.91 Å². The van der Waals surface area contributed by atoms with Gasteiger partial charge in [-0.05, 0) is 24.6 Å². The minimum absolute atomic E-state index is 0.147. The molecule has 1 amide bonds. The number of nitrogens with zero attached hydrogens (tertiary/aromatic N) is 6. The third kappa shape index (κ3) is 4.52. The number of benzene rings is 1. The average molecular weight is 433 g/mol. The van der Waals surface area contributed by atoms with E-state index in [1.54, 1.807) is 19.3 Å². The summed E-state index contributed by atoms with van der Waals surface area (Å²) in [7, 11) is 0. The second-order valence-electron chi connectivity index (χ2n) is 8.08. The number of rotatable bonds is 3. The van der Waals surface area contributed by atoms with E-state index >= 15 is 0 Å². The number of hydrogen-bond donors (Lipinski definition) is 0. The zero-order valence-electron chi connectivity index (χ0n) is 19.2. The van der Waals surface area contributed by atoms with E-state index in [0.717, 1.165) is 73.9 Å². The molecule has 2 aromatic heterocycles. The van der Waals surface area contributed by atoms with Gasteiger partial charge in [-0.1, -0.05) is 32.0 Å². The van der Waals surface area contributed by atoms with Gasteiger partial charge in [0.25, 0.3) is 0 Å². The first-order valence-corrected chi connectivity index (χ1v) is 11.6. The molecule has 2 aliphatic heterocycles. The SMILES string of the molecule is CC.CC(=O)N1CCCN(c2nccnc2C2CN(c3ccc4ccccc4n3)C2)CC1. The third-order valence-corrected chi connectivity index (χ3v) is 6.12. The molecule has 0 N–H and O–H groups in total. The van der Waals surface area contributed by atoms with E-state index in [-0.39, 0.29) is 5.91 Å². The lowest BCUT2D eigenvalue weighted by molar-refractivity contribution is -0.128. The first-order valence-electron chi connectivity index (χ1n) is 11.6. The van der Waals surface area contributed by atoms with E-state index in [2.05, 4.69) is 39.0 Å². The Labute approximate surface area is 190 Å². The van der Waals surface area contributed by atoms with Crippen LogP contribution < -0.4 is 9.80 Å². The minimum atomic E-state index is 0.147. The van der Waals surface area contributed by atoms with Gasteiger partial charge in [0.1, 0.15) is 5.82 Å². The molecule has 7 heteroatoms. The maximum absolute atomic E-state index is 11.7. The largest absolute Gasteiger partial charge is 0.355 e. The lowest BCUT2D eigenvalue weighted by Gasteiger charge is -2.41. The van der Waals surface area contributed by atoms with Crippen LogP contribution in [0.5, 0.6) is 0 Å². The average Bonchev–Trinajstić information content (AvgIpc) is 3.06. The van der Waals surface area contributed by atoms with Crippen LogP contribution in [0, 0.1) is 0 Å². The second kappa shape index (κ2) is 9.94. The molecule has 7 nitrogen and oxygen atoms in total. The van der Waals surface area contributed by atoms with Crippen LogP contribution in [-0.4, -0.2) is 65.0 Å². The Balaban J connectivity index is 0.00000119. The highest BCUT2D eigenvalue weighted by Gasteiger charge is 2.33. The van der Waals surface area contributed by atoms with Crippen molar-refractivity contribution < 1.29 is 4.79 Å². The Bertz CT molecular complexity index is 1060. The quantitative estimate of drug-likeness (QED) is 0.629. The molecule has 1 aromatic carbocycles. The molecule has 0 saturated carbocycles. The second-order valence-corrected chi connectivity index (χ2v) is 8.08. The number of pyridine rings is 1. The molecule has 5 rings (SSSR count). The molecule has 0 radical (unpaired) electrons. The summed E-state index contributed by atoms with van der Waals surface area (Å²) < 4.78 is 0. The van der Waals surface area contributed by atoms with Crippen LogP contribution in [-0.2, 0) is 4.79 Å². The Hall–Kier alpha value is -3.22. The van der Waals surface area contributed by atoms with Crippen molar-refractivity contribution in [2.45, 2.75) is 33.1 Å². The monoisotopic (exact) mass is 432 g/mol. The van der Waals surface area contributed by atoms with Crippen molar-refractivity contribution in [2.24, 2.45) is 0 Å². The van der Waals surface area contributed by atoms with Gasteiger partial charge in [-0.3, -0.25) is 9.78 Å². The highest BCUT2D eigenvalue weighted by Crippen LogP contribution is 2.34. The van der Waals surface area contributed by atoms with Crippen LogP contribution in [0.25, 0.3) is 10.9 Å². The lowest BCUT2D eigenvalue weighted by atomic mass is 9.95. The third-order valence-electron chi connectivity index (χ3n) is 6.12. The van der Waals surface area contributed by atoms with Crippen LogP contribution in [0.3, 0.4) is 0 Å². The fourth-order valence-corrected chi connectivity index (χ4v) is 4.39. The number of amides is 1. The van der Waals surface area contributed by atoms with E-state index in [1.165, 1.54) is 0 Å². The number of aromatic nitrogens is 3. The van der Waals surface area contributed by atoms with E-state index in [9.17, 15) is 4.79 Å². The molecule has 0 bridgehead atoms. The maximum Gasteiger partial charge on any atom is 0.219 e. The summed E-state index contributed by atoms with van der Waals surface area (Å²) in [4.78, 5) is 32.5. The van der Waals surface area contributed by atoms with E-state index < -0.39 is 0 Å². The molecule has 3 aromatic rings. The van der Waals surface area contributed by atoms with Crippen LogP contribution in [0.15, 0.2) is 48.8 Å². The molecular formula is C25H32N6O. The number of anilines is 2. The topological polar surface area (TPSA) is 65.5 Å². The van der Waals surface area contributed by atoms with Crippen LogP contribution >= 0.6 is 0 Å². The number of fused-ring (bicyclic) bond motifs is 1. The van der Waals surface area contributed by atoms with Crippen molar-refractivity contribution in [1.82, 2.24) is 19.9 Å². The molecule has 0 spiro atoms.